The summed E-state index contributed by atoms with van der Waals surface area (Å²) in [4.78, 5) is 9.88. The Kier molecular flexibility index (Phi) is 4.54. The zero-order chi connectivity index (χ0) is 6.41. The van der Waals surface area contributed by atoms with Crippen LogP contribution in [0.25, 0.3) is 0 Å². The molecule has 45 valence electrons. The lowest BCUT2D eigenvalue weighted by molar-refractivity contribution is 0.240. The monoisotopic (exact) mass is 129 g/mol. The lowest BCUT2D eigenvalue weighted by atomic mass is 10.4. The molecule has 8 heavy (non-hydrogen) atoms. The van der Waals surface area contributed by atoms with Crippen molar-refractivity contribution >= 4 is 10.0 Å². The van der Waals surface area contributed by atoms with Crippen LogP contribution in [0.2, 0.25) is 0 Å². The summed E-state index contributed by atoms with van der Waals surface area (Å²) in [6, 6.07) is 0. The Morgan fingerprint density at radius 2 is 2.00 bits per heavy atom. The Morgan fingerprint density at radius 3 is 2.12 bits per heavy atom. The van der Waals surface area contributed by atoms with Gasteiger partial charge >= 0.3 is 10.0 Å². The molecular formula is C5H9O2Si. The van der Waals surface area contributed by atoms with E-state index in [1.807, 2.05) is 0 Å². The molecule has 0 saturated heterocycles. The van der Waals surface area contributed by atoms with Crippen LogP contribution in [-0.2, 0) is 9.22 Å². The highest BCUT2D eigenvalue weighted by molar-refractivity contribution is 6.15. The van der Waals surface area contributed by atoms with Gasteiger partial charge in [0.15, 0.2) is 0 Å². The van der Waals surface area contributed by atoms with E-state index in [1.165, 1.54) is 0 Å². The molecule has 0 heterocycles. The van der Waals surface area contributed by atoms with Gasteiger partial charge in [-0.25, -0.2) is 0 Å². The number of hydrogen-bond donors (Lipinski definition) is 0. The largest absolute Gasteiger partial charge is 0.387 e. The highest BCUT2D eigenvalue weighted by Gasteiger charge is 1.93. The third kappa shape index (κ3) is 2.73. The maximum atomic E-state index is 9.88. The standard InChI is InChI=1S/C5H9O2Si/c1-3-5(4-2)7-8-6/h3-5H,1-2,8H2. The molecule has 0 aliphatic rings. The predicted molar refractivity (Wildman–Crippen MR) is 34.5 cm³/mol. The molecule has 0 amide bonds. The molecule has 0 spiro atoms. The van der Waals surface area contributed by atoms with Gasteiger partial charge in [0.25, 0.3) is 0 Å². The van der Waals surface area contributed by atoms with Crippen LogP contribution < -0.4 is 0 Å². The third-order valence-electron chi connectivity index (χ3n) is 0.725. The fourth-order valence-corrected chi connectivity index (χ4v) is 0.740. The average Bonchev–Trinajstić information content (AvgIpc) is 1.83. The van der Waals surface area contributed by atoms with E-state index >= 15 is 0 Å². The van der Waals surface area contributed by atoms with Gasteiger partial charge in [-0.15, -0.1) is 13.2 Å². The molecule has 0 bridgehead atoms. The smallest absolute Gasteiger partial charge is 0.344 e. The Hall–Kier alpha value is -0.383. The first kappa shape index (κ1) is 7.62. The Balaban J connectivity index is 3.35. The molecule has 0 aromatic heterocycles. The number of rotatable bonds is 4. The molecule has 0 N–H and O–H groups in total. The molecule has 0 fully saturated rings. The molecular weight excluding hydrogens is 120 g/mol. The van der Waals surface area contributed by atoms with Gasteiger partial charge in [0.2, 0.25) is 0 Å². The van der Waals surface area contributed by atoms with Crippen molar-refractivity contribution in [3.8, 4) is 0 Å². The number of hydrogen-bond acceptors (Lipinski definition) is 1. The summed E-state index contributed by atoms with van der Waals surface area (Å²) in [5.74, 6) is 0. The normalized spacial score (nSPS) is 10.8. The van der Waals surface area contributed by atoms with E-state index in [-0.39, 0.29) is 6.10 Å². The maximum absolute atomic E-state index is 9.88. The summed E-state index contributed by atoms with van der Waals surface area (Å²) in [6.07, 6.45) is 2.88. The van der Waals surface area contributed by atoms with Crippen LogP contribution in [0, 0.1) is 0 Å². The van der Waals surface area contributed by atoms with Crippen molar-refractivity contribution in [2.24, 2.45) is 0 Å². The van der Waals surface area contributed by atoms with E-state index in [9.17, 15) is 4.80 Å². The predicted octanol–water partition coefficient (Wildman–Crippen LogP) is 0.173. The Morgan fingerprint density at radius 1 is 1.50 bits per heavy atom. The van der Waals surface area contributed by atoms with Gasteiger partial charge in [-0.3, -0.25) is 4.80 Å². The van der Waals surface area contributed by atoms with Gasteiger partial charge in [-0.05, 0) is 0 Å². The molecule has 2 nitrogen and oxygen atoms in total. The zero-order valence-corrected chi connectivity index (χ0v) is 6.08. The SMILES string of the molecule is C=CC(C=C)O[SiH2][O]. The van der Waals surface area contributed by atoms with E-state index < -0.39 is 10.0 Å². The summed E-state index contributed by atoms with van der Waals surface area (Å²) in [5.41, 5.74) is 0. The van der Waals surface area contributed by atoms with Crippen molar-refractivity contribution in [2.45, 2.75) is 6.10 Å². The zero-order valence-electron chi connectivity index (χ0n) is 4.67. The van der Waals surface area contributed by atoms with Crippen molar-refractivity contribution in [2.75, 3.05) is 0 Å². The minimum Gasteiger partial charge on any atom is -0.387 e. The van der Waals surface area contributed by atoms with Crippen LogP contribution in [-0.4, -0.2) is 16.1 Å². The van der Waals surface area contributed by atoms with Crippen LogP contribution in [0.4, 0.5) is 0 Å². The van der Waals surface area contributed by atoms with E-state index in [1.54, 1.807) is 12.2 Å². The molecule has 0 unspecified atom stereocenters. The van der Waals surface area contributed by atoms with Gasteiger partial charge in [0.05, 0.1) is 6.10 Å². The summed E-state index contributed by atoms with van der Waals surface area (Å²) in [7, 11) is -1.55. The summed E-state index contributed by atoms with van der Waals surface area (Å²) < 4.78 is 4.69. The average molecular weight is 129 g/mol. The van der Waals surface area contributed by atoms with Crippen molar-refractivity contribution < 1.29 is 9.22 Å². The van der Waals surface area contributed by atoms with Crippen LogP contribution in [0.5, 0.6) is 0 Å². The second kappa shape index (κ2) is 4.77. The van der Waals surface area contributed by atoms with Gasteiger partial charge in [0, 0.05) is 0 Å². The summed E-state index contributed by atoms with van der Waals surface area (Å²) in [6.45, 7) is 6.88. The topological polar surface area (TPSA) is 29.1 Å². The fraction of sp³-hybridized carbons (Fsp3) is 0.200. The quantitative estimate of drug-likeness (QED) is 0.393. The van der Waals surface area contributed by atoms with Gasteiger partial charge in [-0.2, -0.15) is 0 Å². The van der Waals surface area contributed by atoms with Crippen molar-refractivity contribution in [1.29, 1.82) is 0 Å². The van der Waals surface area contributed by atoms with E-state index in [2.05, 4.69) is 17.6 Å². The molecule has 3 heteroatoms. The maximum Gasteiger partial charge on any atom is 0.344 e. The molecule has 0 rings (SSSR count). The van der Waals surface area contributed by atoms with E-state index in [4.69, 9.17) is 0 Å². The molecule has 0 aromatic rings. The van der Waals surface area contributed by atoms with Crippen LogP contribution >= 0.6 is 0 Å². The minimum absolute atomic E-state index is 0.223. The van der Waals surface area contributed by atoms with Crippen LogP contribution in [0.1, 0.15) is 0 Å². The summed E-state index contributed by atoms with van der Waals surface area (Å²) in [5, 5.41) is 0. The minimum atomic E-state index is -1.55. The van der Waals surface area contributed by atoms with Gasteiger partial charge in [0.1, 0.15) is 0 Å². The van der Waals surface area contributed by atoms with Gasteiger partial charge < -0.3 is 4.43 Å². The lowest BCUT2D eigenvalue weighted by Crippen LogP contribution is -2.07. The highest BCUT2D eigenvalue weighted by atomic mass is 28.2. The van der Waals surface area contributed by atoms with E-state index in [0.717, 1.165) is 0 Å². The first-order valence-electron chi connectivity index (χ1n) is 2.30. The molecule has 0 aliphatic heterocycles. The molecule has 0 atom stereocenters. The van der Waals surface area contributed by atoms with Crippen LogP contribution in [0.15, 0.2) is 25.3 Å². The molecule has 0 aromatic carbocycles. The van der Waals surface area contributed by atoms with Crippen LogP contribution in [0.3, 0.4) is 0 Å². The first-order chi connectivity index (χ1) is 3.85. The molecule has 0 aliphatic carbocycles. The Labute approximate surface area is 51.5 Å². The second-order valence-corrected chi connectivity index (χ2v) is 1.79. The first-order valence-corrected chi connectivity index (χ1v) is 3.45. The van der Waals surface area contributed by atoms with Gasteiger partial charge in [-0.1, -0.05) is 12.2 Å². The Bertz CT molecular complexity index is 74.5. The van der Waals surface area contributed by atoms with Crippen molar-refractivity contribution in [3.05, 3.63) is 25.3 Å². The molecule has 1 radical (unpaired) electrons. The van der Waals surface area contributed by atoms with Crippen molar-refractivity contribution in [1.82, 2.24) is 0 Å². The van der Waals surface area contributed by atoms with E-state index in [0.29, 0.717) is 0 Å². The second-order valence-electron chi connectivity index (χ2n) is 1.22. The third-order valence-corrected chi connectivity index (χ3v) is 1.25. The molecule has 0 saturated carbocycles. The van der Waals surface area contributed by atoms with Crippen molar-refractivity contribution in [3.63, 3.8) is 0 Å². The summed E-state index contributed by atoms with van der Waals surface area (Å²) >= 11 is 0. The fourth-order valence-electron chi connectivity index (χ4n) is 0.311. The highest BCUT2D eigenvalue weighted by Crippen LogP contribution is 1.90. The lowest BCUT2D eigenvalue weighted by Gasteiger charge is -2.02.